The Kier molecular flexibility index (Phi) is 5.66. The monoisotopic (exact) mass is 374 g/mol. The number of benzene rings is 2. The second-order valence-electron chi connectivity index (χ2n) is 7.09. The molecule has 0 spiro atoms. The first kappa shape index (κ1) is 19.8. The highest BCUT2D eigenvalue weighted by atomic mass is 32.2. The quantitative estimate of drug-likeness (QED) is 0.592. The van der Waals surface area contributed by atoms with Crippen LogP contribution < -0.4 is 0 Å². The predicted molar refractivity (Wildman–Crippen MR) is 99.3 cm³/mol. The van der Waals surface area contributed by atoms with Gasteiger partial charge in [-0.25, -0.2) is 13.2 Å². The van der Waals surface area contributed by atoms with Crippen molar-refractivity contribution in [2.24, 2.45) is 0 Å². The second kappa shape index (κ2) is 7.41. The van der Waals surface area contributed by atoms with Crippen LogP contribution in [0.4, 0.5) is 0 Å². The van der Waals surface area contributed by atoms with Crippen LogP contribution in [0.3, 0.4) is 0 Å². The van der Waals surface area contributed by atoms with Crippen LogP contribution in [-0.2, 0) is 20.0 Å². The highest BCUT2D eigenvalue weighted by Crippen LogP contribution is 2.22. The molecule has 0 heterocycles. The van der Waals surface area contributed by atoms with Gasteiger partial charge in [0.05, 0.1) is 10.5 Å². The first-order chi connectivity index (χ1) is 12.0. The molecule has 5 nitrogen and oxygen atoms in total. The number of ether oxygens (including phenoxy) is 1. The highest BCUT2D eigenvalue weighted by Gasteiger charge is 2.20. The summed E-state index contributed by atoms with van der Waals surface area (Å²) in [4.78, 5) is 24.3. The molecule has 0 aliphatic heterocycles. The van der Waals surface area contributed by atoms with Crippen LogP contribution in [0.25, 0.3) is 0 Å². The van der Waals surface area contributed by atoms with Gasteiger partial charge in [-0.3, -0.25) is 4.79 Å². The standard InChI is InChI=1S/C20H22O5S/c1-20(2,3)15-11-9-14(10-12-15)17(21)13-25-19(22)16-7-5-6-8-18(16)26(4,23)24/h5-12H,13H2,1-4H3. The van der Waals surface area contributed by atoms with Crippen molar-refractivity contribution in [3.05, 3.63) is 65.2 Å². The lowest BCUT2D eigenvalue weighted by Crippen LogP contribution is -2.17. The Morgan fingerprint density at radius 3 is 2.08 bits per heavy atom. The molecule has 0 aliphatic rings. The summed E-state index contributed by atoms with van der Waals surface area (Å²) in [6, 6.07) is 12.9. The van der Waals surface area contributed by atoms with E-state index in [2.05, 4.69) is 20.8 Å². The van der Waals surface area contributed by atoms with Crippen molar-refractivity contribution in [2.45, 2.75) is 31.1 Å². The van der Waals surface area contributed by atoms with Gasteiger partial charge in [-0.15, -0.1) is 0 Å². The van der Waals surface area contributed by atoms with Crippen molar-refractivity contribution in [3.8, 4) is 0 Å². The number of carbonyl (C=O) groups is 2. The molecule has 2 aromatic carbocycles. The van der Waals surface area contributed by atoms with E-state index in [-0.39, 0.29) is 21.7 Å². The Balaban J connectivity index is 2.10. The van der Waals surface area contributed by atoms with Gasteiger partial charge in [-0.05, 0) is 23.1 Å². The van der Waals surface area contributed by atoms with Gasteiger partial charge in [-0.1, -0.05) is 57.2 Å². The molecule has 0 unspecified atom stereocenters. The summed E-state index contributed by atoms with van der Waals surface area (Å²) in [7, 11) is -3.57. The molecule has 2 aromatic rings. The fraction of sp³-hybridized carbons (Fsp3) is 0.300. The van der Waals surface area contributed by atoms with E-state index in [1.807, 2.05) is 12.1 Å². The smallest absolute Gasteiger partial charge is 0.339 e. The van der Waals surface area contributed by atoms with Crippen LogP contribution in [0, 0.1) is 0 Å². The third-order valence-electron chi connectivity index (χ3n) is 3.91. The third-order valence-corrected chi connectivity index (χ3v) is 5.07. The number of Topliss-reactive ketones (excluding diaryl/α,β-unsaturated/α-hetero) is 1. The second-order valence-corrected chi connectivity index (χ2v) is 9.08. The number of carbonyl (C=O) groups excluding carboxylic acids is 2. The molecule has 0 aliphatic carbocycles. The van der Waals surface area contributed by atoms with E-state index >= 15 is 0 Å². The average molecular weight is 374 g/mol. The molecule has 0 bridgehead atoms. The maximum absolute atomic E-state index is 12.2. The maximum atomic E-state index is 12.2. The van der Waals surface area contributed by atoms with E-state index in [0.717, 1.165) is 11.8 Å². The van der Waals surface area contributed by atoms with Crippen molar-refractivity contribution < 1.29 is 22.7 Å². The first-order valence-electron chi connectivity index (χ1n) is 8.10. The Labute approximate surface area is 153 Å². The van der Waals surface area contributed by atoms with Crippen molar-refractivity contribution >= 4 is 21.6 Å². The lowest BCUT2D eigenvalue weighted by atomic mass is 9.86. The number of hydrogen-bond acceptors (Lipinski definition) is 5. The van der Waals surface area contributed by atoms with Crippen molar-refractivity contribution in [1.82, 2.24) is 0 Å². The predicted octanol–water partition coefficient (Wildman–Crippen LogP) is 3.43. The van der Waals surface area contributed by atoms with E-state index < -0.39 is 22.4 Å². The molecule has 0 radical (unpaired) electrons. The van der Waals surface area contributed by atoms with Crippen molar-refractivity contribution in [2.75, 3.05) is 12.9 Å². The van der Waals surface area contributed by atoms with Crippen molar-refractivity contribution in [3.63, 3.8) is 0 Å². The van der Waals surface area contributed by atoms with Crippen molar-refractivity contribution in [1.29, 1.82) is 0 Å². The van der Waals surface area contributed by atoms with Crippen LogP contribution in [-0.4, -0.2) is 33.0 Å². The van der Waals surface area contributed by atoms with Crippen LogP contribution in [0.2, 0.25) is 0 Å². The molecule has 6 heteroatoms. The lowest BCUT2D eigenvalue weighted by molar-refractivity contribution is 0.0471. The normalized spacial score (nSPS) is 11.8. The Morgan fingerprint density at radius 1 is 0.962 bits per heavy atom. The molecule has 0 atom stereocenters. The van der Waals surface area contributed by atoms with Crippen LogP contribution in [0.1, 0.15) is 47.1 Å². The van der Waals surface area contributed by atoms with Gasteiger partial charge in [0.25, 0.3) is 0 Å². The van der Waals surface area contributed by atoms with E-state index in [1.165, 1.54) is 24.3 Å². The zero-order chi connectivity index (χ0) is 19.5. The minimum absolute atomic E-state index is 0.0244. The molecular formula is C20H22O5S. The van der Waals surface area contributed by atoms with Gasteiger partial charge < -0.3 is 4.74 Å². The minimum Gasteiger partial charge on any atom is -0.454 e. The van der Waals surface area contributed by atoms with E-state index in [9.17, 15) is 18.0 Å². The van der Waals surface area contributed by atoms with E-state index in [1.54, 1.807) is 12.1 Å². The number of sulfone groups is 1. The van der Waals surface area contributed by atoms with Gasteiger partial charge in [-0.2, -0.15) is 0 Å². The largest absolute Gasteiger partial charge is 0.454 e. The molecule has 0 aromatic heterocycles. The summed E-state index contributed by atoms with van der Waals surface area (Å²) < 4.78 is 28.5. The Morgan fingerprint density at radius 2 is 1.54 bits per heavy atom. The fourth-order valence-electron chi connectivity index (χ4n) is 2.41. The average Bonchev–Trinajstić information content (AvgIpc) is 2.58. The maximum Gasteiger partial charge on any atom is 0.339 e. The number of ketones is 1. The van der Waals surface area contributed by atoms with Gasteiger partial charge in [0.15, 0.2) is 22.2 Å². The van der Waals surface area contributed by atoms with Gasteiger partial charge in [0.1, 0.15) is 0 Å². The fourth-order valence-corrected chi connectivity index (χ4v) is 3.28. The molecule has 26 heavy (non-hydrogen) atoms. The molecular weight excluding hydrogens is 352 g/mol. The summed E-state index contributed by atoms with van der Waals surface area (Å²) >= 11 is 0. The molecule has 138 valence electrons. The van der Waals surface area contributed by atoms with Gasteiger partial charge in [0.2, 0.25) is 0 Å². The third kappa shape index (κ3) is 4.79. The van der Waals surface area contributed by atoms with Crippen LogP contribution in [0.15, 0.2) is 53.4 Å². The summed E-state index contributed by atoms with van der Waals surface area (Å²) in [6.07, 6.45) is 1.01. The summed E-state index contributed by atoms with van der Waals surface area (Å²) in [6.45, 7) is 5.77. The molecule has 0 N–H and O–H groups in total. The number of esters is 1. The van der Waals surface area contributed by atoms with E-state index in [0.29, 0.717) is 5.56 Å². The molecule has 0 fully saturated rings. The van der Waals surface area contributed by atoms with Gasteiger partial charge >= 0.3 is 5.97 Å². The first-order valence-corrected chi connectivity index (χ1v) is 9.99. The van der Waals surface area contributed by atoms with Crippen LogP contribution in [0.5, 0.6) is 0 Å². The summed E-state index contributed by atoms with van der Waals surface area (Å²) in [5.41, 5.74) is 1.42. The highest BCUT2D eigenvalue weighted by molar-refractivity contribution is 7.90. The summed E-state index contributed by atoms with van der Waals surface area (Å²) in [5, 5.41) is 0. The van der Waals surface area contributed by atoms with Gasteiger partial charge in [0, 0.05) is 11.8 Å². The molecule has 0 saturated heterocycles. The minimum atomic E-state index is -3.57. The topological polar surface area (TPSA) is 77.5 Å². The molecule has 0 amide bonds. The zero-order valence-corrected chi connectivity index (χ0v) is 16.1. The number of rotatable bonds is 5. The lowest BCUT2D eigenvalue weighted by Gasteiger charge is -2.19. The summed E-state index contributed by atoms with van der Waals surface area (Å²) in [5.74, 6) is -1.19. The number of hydrogen-bond donors (Lipinski definition) is 0. The Bertz CT molecular complexity index is 919. The Hall–Kier alpha value is -2.47. The van der Waals surface area contributed by atoms with Crippen LogP contribution >= 0.6 is 0 Å². The molecule has 0 saturated carbocycles. The van der Waals surface area contributed by atoms with E-state index in [4.69, 9.17) is 4.74 Å². The zero-order valence-electron chi connectivity index (χ0n) is 15.3. The SMILES string of the molecule is CC(C)(C)c1ccc(C(=O)COC(=O)c2ccccc2S(C)(=O)=O)cc1. The molecule has 2 rings (SSSR count).